The smallest absolute Gasteiger partial charge is 0.107 e. The molecule has 1 rings (SSSR count). The average molecular weight is 284 g/mol. The molecule has 0 saturated heterocycles. The number of thioether (sulfide) groups is 1. The van der Waals surface area contributed by atoms with Crippen LogP contribution in [-0.2, 0) is 4.74 Å². The molecule has 1 aromatic rings. The molecule has 0 heterocycles. The molecule has 1 aromatic carbocycles. The Labute approximate surface area is 118 Å². The van der Waals surface area contributed by atoms with E-state index < -0.39 is 0 Å². The van der Waals surface area contributed by atoms with Crippen LogP contribution in [0.1, 0.15) is 19.4 Å². The Balaban J connectivity index is 2.99. The van der Waals surface area contributed by atoms with Gasteiger partial charge in [0.05, 0.1) is 5.60 Å². The van der Waals surface area contributed by atoms with E-state index in [1.807, 2.05) is 38.3 Å². The SMILES string of the molecule is COC(C)(C)CNc1cccc(SC)c1C(N)=S. The number of anilines is 1. The standard InChI is InChI=1S/C13H20N2OS2/c1-13(2,16-3)8-15-9-6-5-7-10(18-4)11(9)12(14)17/h5-7,15H,8H2,1-4H3,(H2,14,17). The zero-order chi connectivity index (χ0) is 13.8. The van der Waals surface area contributed by atoms with Gasteiger partial charge in [-0.3, -0.25) is 0 Å². The van der Waals surface area contributed by atoms with E-state index in [0.29, 0.717) is 11.5 Å². The number of methoxy groups -OCH3 is 1. The molecular weight excluding hydrogens is 264 g/mol. The Kier molecular flexibility index (Phi) is 5.44. The minimum absolute atomic E-state index is 0.233. The highest BCUT2D eigenvalue weighted by Crippen LogP contribution is 2.27. The first-order valence-corrected chi connectivity index (χ1v) is 7.30. The second-order valence-electron chi connectivity index (χ2n) is 4.56. The number of hydrogen-bond donors (Lipinski definition) is 2. The van der Waals surface area contributed by atoms with Crippen LogP contribution in [0.2, 0.25) is 0 Å². The number of hydrogen-bond acceptors (Lipinski definition) is 4. The molecule has 0 saturated carbocycles. The summed E-state index contributed by atoms with van der Waals surface area (Å²) in [4.78, 5) is 1.50. The minimum atomic E-state index is -0.233. The third kappa shape index (κ3) is 3.86. The van der Waals surface area contributed by atoms with Crippen molar-refractivity contribution in [1.82, 2.24) is 0 Å². The summed E-state index contributed by atoms with van der Waals surface area (Å²) in [5, 5.41) is 3.35. The zero-order valence-corrected chi connectivity index (χ0v) is 12.9. The van der Waals surface area contributed by atoms with Crippen molar-refractivity contribution in [3.05, 3.63) is 23.8 Å². The van der Waals surface area contributed by atoms with Gasteiger partial charge < -0.3 is 15.8 Å². The quantitative estimate of drug-likeness (QED) is 0.621. The Morgan fingerprint density at radius 2 is 2.17 bits per heavy atom. The highest BCUT2D eigenvalue weighted by molar-refractivity contribution is 7.98. The van der Waals surface area contributed by atoms with E-state index in [4.69, 9.17) is 22.7 Å². The number of rotatable bonds is 6. The van der Waals surface area contributed by atoms with Gasteiger partial charge in [-0.2, -0.15) is 0 Å². The lowest BCUT2D eigenvalue weighted by molar-refractivity contribution is 0.0344. The topological polar surface area (TPSA) is 47.3 Å². The van der Waals surface area contributed by atoms with Gasteiger partial charge in [0.1, 0.15) is 4.99 Å². The van der Waals surface area contributed by atoms with Gasteiger partial charge in [-0.25, -0.2) is 0 Å². The van der Waals surface area contributed by atoms with Crippen LogP contribution in [0.5, 0.6) is 0 Å². The molecule has 0 radical (unpaired) electrons. The summed E-state index contributed by atoms with van der Waals surface area (Å²) in [5.74, 6) is 0. The van der Waals surface area contributed by atoms with Crippen molar-refractivity contribution in [2.24, 2.45) is 5.73 Å². The van der Waals surface area contributed by atoms with E-state index in [0.717, 1.165) is 16.1 Å². The summed E-state index contributed by atoms with van der Waals surface area (Å²) in [6.07, 6.45) is 2.01. The number of thiocarbonyl (C=S) groups is 1. The second kappa shape index (κ2) is 6.41. The van der Waals surface area contributed by atoms with Crippen LogP contribution in [-0.4, -0.2) is 30.5 Å². The number of ether oxygens (including phenoxy) is 1. The van der Waals surface area contributed by atoms with Gasteiger partial charge in [-0.1, -0.05) is 18.3 Å². The molecule has 100 valence electrons. The predicted molar refractivity (Wildman–Crippen MR) is 83.7 cm³/mol. The maximum Gasteiger partial charge on any atom is 0.107 e. The first-order chi connectivity index (χ1) is 8.41. The van der Waals surface area contributed by atoms with Gasteiger partial charge in [0.25, 0.3) is 0 Å². The molecule has 0 aliphatic heterocycles. The highest BCUT2D eigenvalue weighted by Gasteiger charge is 2.17. The zero-order valence-electron chi connectivity index (χ0n) is 11.2. The molecule has 3 N–H and O–H groups in total. The van der Waals surface area contributed by atoms with Crippen LogP contribution in [0.4, 0.5) is 5.69 Å². The molecule has 0 amide bonds. The molecule has 0 aromatic heterocycles. The summed E-state index contributed by atoms with van der Waals surface area (Å²) in [7, 11) is 1.70. The van der Waals surface area contributed by atoms with Crippen LogP contribution in [0.15, 0.2) is 23.1 Å². The van der Waals surface area contributed by atoms with Gasteiger partial charge in [-0.15, -0.1) is 11.8 Å². The van der Waals surface area contributed by atoms with Crippen LogP contribution < -0.4 is 11.1 Å². The van der Waals surface area contributed by atoms with E-state index >= 15 is 0 Å². The van der Waals surface area contributed by atoms with Gasteiger partial charge in [0.2, 0.25) is 0 Å². The van der Waals surface area contributed by atoms with Crippen molar-refractivity contribution in [2.75, 3.05) is 25.2 Å². The molecule has 3 nitrogen and oxygen atoms in total. The molecule has 0 unspecified atom stereocenters. The largest absolute Gasteiger partial charge is 0.389 e. The molecule has 0 bridgehead atoms. The fourth-order valence-electron chi connectivity index (χ4n) is 1.48. The molecule has 18 heavy (non-hydrogen) atoms. The van der Waals surface area contributed by atoms with Gasteiger partial charge in [0, 0.05) is 29.8 Å². The van der Waals surface area contributed by atoms with E-state index in [2.05, 4.69) is 5.32 Å². The van der Waals surface area contributed by atoms with Crippen molar-refractivity contribution in [1.29, 1.82) is 0 Å². The molecule has 0 atom stereocenters. The molecule has 5 heteroatoms. The monoisotopic (exact) mass is 284 g/mol. The van der Waals surface area contributed by atoms with Crippen molar-refractivity contribution in [3.63, 3.8) is 0 Å². The third-order valence-electron chi connectivity index (χ3n) is 2.75. The lowest BCUT2D eigenvalue weighted by Crippen LogP contribution is -2.32. The van der Waals surface area contributed by atoms with Crippen LogP contribution in [0, 0.1) is 0 Å². The third-order valence-corrected chi connectivity index (χ3v) is 3.73. The fourth-order valence-corrected chi connectivity index (χ4v) is 2.41. The van der Waals surface area contributed by atoms with Crippen LogP contribution in [0.3, 0.4) is 0 Å². The molecule has 0 fully saturated rings. The van der Waals surface area contributed by atoms with Gasteiger partial charge in [0.15, 0.2) is 0 Å². The molecule has 0 aliphatic rings. The minimum Gasteiger partial charge on any atom is -0.389 e. The van der Waals surface area contributed by atoms with Crippen molar-refractivity contribution in [3.8, 4) is 0 Å². The molecule has 0 spiro atoms. The Bertz CT molecular complexity index is 433. The fraction of sp³-hybridized carbons (Fsp3) is 0.462. The predicted octanol–water partition coefficient (Wildman–Crippen LogP) is 2.88. The number of nitrogens with two attached hydrogens (primary N) is 1. The number of nitrogens with one attached hydrogen (secondary N) is 1. The second-order valence-corrected chi connectivity index (χ2v) is 5.85. The van der Waals surface area contributed by atoms with Crippen LogP contribution >= 0.6 is 24.0 Å². The van der Waals surface area contributed by atoms with Gasteiger partial charge in [-0.05, 0) is 32.2 Å². The van der Waals surface area contributed by atoms with E-state index in [1.165, 1.54) is 0 Å². The first kappa shape index (κ1) is 15.3. The van der Waals surface area contributed by atoms with Crippen molar-refractivity contribution in [2.45, 2.75) is 24.3 Å². The van der Waals surface area contributed by atoms with E-state index in [1.54, 1.807) is 18.9 Å². The lowest BCUT2D eigenvalue weighted by atomic mass is 10.1. The normalized spacial score (nSPS) is 11.3. The Hall–Kier alpha value is -0.780. The maximum absolute atomic E-state index is 5.81. The highest BCUT2D eigenvalue weighted by atomic mass is 32.2. The van der Waals surface area contributed by atoms with E-state index in [9.17, 15) is 0 Å². The van der Waals surface area contributed by atoms with Gasteiger partial charge >= 0.3 is 0 Å². The molecule has 0 aliphatic carbocycles. The summed E-state index contributed by atoms with van der Waals surface area (Å²) in [6.45, 7) is 4.74. The summed E-state index contributed by atoms with van der Waals surface area (Å²) in [5.41, 5.74) is 7.44. The summed E-state index contributed by atoms with van der Waals surface area (Å²) >= 11 is 6.77. The molecular formula is C13H20N2OS2. The Morgan fingerprint density at radius 1 is 1.50 bits per heavy atom. The first-order valence-electron chi connectivity index (χ1n) is 5.67. The number of benzene rings is 1. The summed E-state index contributed by atoms with van der Waals surface area (Å²) < 4.78 is 5.38. The van der Waals surface area contributed by atoms with Crippen molar-refractivity contribution < 1.29 is 4.74 Å². The summed E-state index contributed by atoms with van der Waals surface area (Å²) in [6, 6.07) is 6.00. The average Bonchev–Trinajstić information content (AvgIpc) is 2.35. The van der Waals surface area contributed by atoms with E-state index in [-0.39, 0.29) is 5.60 Å². The van der Waals surface area contributed by atoms with Crippen molar-refractivity contribution >= 4 is 34.7 Å². The Morgan fingerprint density at radius 3 is 2.67 bits per heavy atom. The lowest BCUT2D eigenvalue weighted by Gasteiger charge is -2.25. The maximum atomic E-state index is 5.81. The van der Waals surface area contributed by atoms with Crippen LogP contribution in [0.25, 0.3) is 0 Å².